The highest BCUT2D eigenvalue weighted by atomic mass is 16.4. The molecule has 0 unspecified atom stereocenters. The van der Waals surface area contributed by atoms with Gasteiger partial charge in [-0.15, -0.1) is 0 Å². The maximum Gasteiger partial charge on any atom is 0.305 e. The largest absolute Gasteiger partial charge is 0.481 e. The van der Waals surface area contributed by atoms with Crippen LogP contribution in [0.5, 0.6) is 0 Å². The lowest BCUT2D eigenvalue weighted by Gasteiger charge is -2.08. The molecular formula is C12H16N2O4. The molecular weight excluding hydrogens is 236 g/mol. The third kappa shape index (κ3) is 4.04. The standard InChI is InChI=1S/C12H16N2O4/c1-7(2)9-5-8(6-10(15)14-9)12(18)13-4-3-11(16)17/h5-7H,3-4H2,1-2H3,(H,13,18)(H,14,15)(H,16,17). The Balaban J connectivity index is 2.79. The number of carbonyl (C=O) groups is 2. The molecule has 3 N–H and O–H groups in total. The van der Waals surface area contributed by atoms with Crippen molar-refractivity contribution in [3.05, 3.63) is 33.7 Å². The fourth-order valence-corrected chi connectivity index (χ4v) is 1.39. The van der Waals surface area contributed by atoms with Crippen molar-refractivity contribution in [3.63, 3.8) is 0 Å². The number of H-pyrrole nitrogens is 1. The van der Waals surface area contributed by atoms with Crippen LogP contribution in [0, 0.1) is 0 Å². The molecule has 0 aliphatic rings. The predicted octanol–water partition coefficient (Wildman–Crippen LogP) is 0.703. The smallest absolute Gasteiger partial charge is 0.305 e. The first-order chi connectivity index (χ1) is 8.40. The highest BCUT2D eigenvalue weighted by Crippen LogP contribution is 2.10. The Bertz CT molecular complexity index is 505. The van der Waals surface area contributed by atoms with E-state index in [2.05, 4.69) is 10.3 Å². The zero-order chi connectivity index (χ0) is 13.7. The third-order valence-corrected chi connectivity index (χ3v) is 2.37. The van der Waals surface area contributed by atoms with E-state index in [4.69, 9.17) is 5.11 Å². The van der Waals surface area contributed by atoms with Gasteiger partial charge in [0.1, 0.15) is 0 Å². The van der Waals surface area contributed by atoms with Crippen molar-refractivity contribution in [2.45, 2.75) is 26.2 Å². The number of carboxylic acid groups (broad SMARTS) is 1. The molecule has 0 aliphatic carbocycles. The lowest BCUT2D eigenvalue weighted by atomic mass is 10.1. The van der Waals surface area contributed by atoms with E-state index in [0.29, 0.717) is 5.69 Å². The molecule has 98 valence electrons. The summed E-state index contributed by atoms with van der Waals surface area (Å²) in [4.78, 5) is 36.0. The number of aliphatic carboxylic acids is 1. The van der Waals surface area contributed by atoms with Crippen molar-refractivity contribution < 1.29 is 14.7 Å². The highest BCUT2D eigenvalue weighted by molar-refractivity contribution is 5.94. The summed E-state index contributed by atoms with van der Waals surface area (Å²) in [5.41, 5.74) is 0.573. The summed E-state index contributed by atoms with van der Waals surface area (Å²) >= 11 is 0. The van der Waals surface area contributed by atoms with Gasteiger partial charge in [-0.1, -0.05) is 13.8 Å². The fraction of sp³-hybridized carbons (Fsp3) is 0.417. The van der Waals surface area contributed by atoms with Crippen LogP contribution < -0.4 is 10.9 Å². The van der Waals surface area contributed by atoms with E-state index < -0.39 is 11.9 Å². The molecule has 0 saturated heterocycles. The molecule has 6 nitrogen and oxygen atoms in total. The van der Waals surface area contributed by atoms with Crippen LogP contribution in [0.2, 0.25) is 0 Å². The summed E-state index contributed by atoms with van der Waals surface area (Å²) < 4.78 is 0. The fourth-order valence-electron chi connectivity index (χ4n) is 1.39. The molecule has 18 heavy (non-hydrogen) atoms. The number of pyridine rings is 1. The third-order valence-electron chi connectivity index (χ3n) is 2.37. The molecule has 0 aromatic carbocycles. The minimum Gasteiger partial charge on any atom is -0.481 e. The Kier molecular flexibility index (Phi) is 4.65. The van der Waals surface area contributed by atoms with Crippen LogP contribution >= 0.6 is 0 Å². The van der Waals surface area contributed by atoms with Crippen LogP contribution in [-0.2, 0) is 4.79 Å². The highest BCUT2D eigenvalue weighted by Gasteiger charge is 2.10. The second kappa shape index (κ2) is 6.00. The number of rotatable bonds is 5. The van der Waals surface area contributed by atoms with Crippen molar-refractivity contribution in [3.8, 4) is 0 Å². The number of amides is 1. The number of hydrogen-bond donors (Lipinski definition) is 3. The van der Waals surface area contributed by atoms with Gasteiger partial charge in [-0.2, -0.15) is 0 Å². The summed E-state index contributed by atoms with van der Waals surface area (Å²) in [6, 6.07) is 2.80. The van der Waals surface area contributed by atoms with Gasteiger partial charge in [0.25, 0.3) is 5.91 Å². The van der Waals surface area contributed by atoms with Gasteiger partial charge in [0.2, 0.25) is 5.56 Å². The summed E-state index contributed by atoms with van der Waals surface area (Å²) in [5.74, 6) is -1.32. The van der Waals surface area contributed by atoms with Gasteiger partial charge in [0.15, 0.2) is 0 Å². The Morgan fingerprint density at radius 3 is 2.61 bits per heavy atom. The molecule has 0 bridgehead atoms. The van der Waals surface area contributed by atoms with Gasteiger partial charge >= 0.3 is 5.97 Å². The second-order valence-corrected chi connectivity index (χ2v) is 4.24. The topological polar surface area (TPSA) is 99.3 Å². The Labute approximate surface area is 104 Å². The molecule has 0 radical (unpaired) electrons. The summed E-state index contributed by atoms with van der Waals surface area (Å²) in [6.45, 7) is 3.84. The Morgan fingerprint density at radius 2 is 2.06 bits per heavy atom. The van der Waals surface area contributed by atoms with Gasteiger partial charge in [-0.25, -0.2) is 0 Å². The molecule has 0 saturated carbocycles. The average molecular weight is 252 g/mol. The first kappa shape index (κ1) is 14.0. The van der Waals surface area contributed by atoms with E-state index in [-0.39, 0.29) is 30.0 Å². The van der Waals surface area contributed by atoms with Gasteiger partial charge in [0.05, 0.1) is 6.42 Å². The molecule has 1 aromatic rings. The maximum absolute atomic E-state index is 11.7. The molecule has 1 rings (SSSR count). The zero-order valence-corrected chi connectivity index (χ0v) is 10.3. The molecule has 1 amide bonds. The van der Waals surface area contributed by atoms with Gasteiger partial charge < -0.3 is 15.4 Å². The molecule has 0 fully saturated rings. The number of aromatic amines is 1. The zero-order valence-electron chi connectivity index (χ0n) is 10.3. The molecule has 0 spiro atoms. The van der Waals surface area contributed by atoms with E-state index in [1.165, 1.54) is 6.07 Å². The van der Waals surface area contributed by atoms with Crippen molar-refractivity contribution in [1.29, 1.82) is 0 Å². The number of hydrogen-bond acceptors (Lipinski definition) is 3. The molecule has 0 aliphatic heterocycles. The lowest BCUT2D eigenvalue weighted by molar-refractivity contribution is -0.136. The predicted molar refractivity (Wildman–Crippen MR) is 65.7 cm³/mol. The Hall–Kier alpha value is -2.11. The SMILES string of the molecule is CC(C)c1cc(C(=O)NCCC(=O)O)cc(=O)[nH]1. The monoisotopic (exact) mass is 252 g/mol. The number of aromatic nitrogens is 1. The summed E-state index contributed by atoms with van der Waals surface area (Å²) in [7, 11) is 0. The van der Waals surface area contributed by atoms with E-state index in [1.807, 2.05) is 13.8 Å². The van der Waals surface area contributed by atoms with Crippen molar-refractivity contribution in [2.75, 3.05) is 6.54 Å². The molecule has 1 heterocycles. The summed E-state index contributed by atoms with van der Waals surface area (Å²) in [6.07, 6.45) is -0.147. The lowest BCUT2D eigenvalue weighted by Crippen LogP contribution is -2.27. The first-order valence-electron chi connectivity index (χ1n) is 5.64. The van der Waals surface area contributed by atoms with E-state index >= 15 is 0 Å². The van der Waals surface area contributed by atoms with Gasteiger partial charge in [-0.3, -0.25) is 14.4 Å². The van der Waals surface area contributed by atoms with Gasteiger partial charge in [-0.05, 0) is 12.0 Å². The first-order valence-corrected chi connectivity index (χ1v) is 5.64. The van der Waals surface area contributed by atoms with Crippen LogP contribution in [0.1, 0.15) is 42.2 Å². The molecule has 0 atom stereocenters. The van der Waals surface area contributed by atoms with Crippen molar-refractivity contribution in [1.82, 2.24) is 10.3 Å². The normalized spacial score (nSPS) is 10.4. The van der Waals surface area contributed by atoms with E-state index in [0.717, 1.165) is 0 Å². The van der Waals surface area contributed by atoms with Gasteiger partial charge in [0, 0.05) is 23.9 Å². The van der Waals surface area contributed by atoms with Crippen LogP contribution in [-0.4, -0.2) is 28.5 Å². The second-order valence-electron chi connectivity index (χ2n) is 4.24. The van der Waals surface area contributed by atoms with E-state index in [9.17, 15) is 14.4 Å². The minimum absolute atomic E-state index is 0.0397. The number of carboxylic acids is 1. The Morgan fingerprint density at radius 1 is 1.39 bits per heavy atom. The van der Waals surface area contributed by atoms with Crippen LogP contribution in [0.3, 0.4) is 0 Å². The van der Waals surface area contributed by atoms with Crippen molar-refractivity contribution in [2.24, 2.45) is 0 Å². The number of nitrogens with one attached hydrogen (secondary N) is 2. The maximum atomic E-state index is 11.7. The van der Waals surface area contributed by atoms with Crippen LogP contribution in [0.25, 0.3) is 0 Å². The molecule has 6 heteroatoms. The van der Waals surface area contributed by atoms with E-state index in [1.54, 1.807) is 6.07 Å². The minimum atomic E-state index is -0.982. The van der Waals surface area contributed by atoms with Crippen LogP contribution in [0.4, 0.5) is 0 Å². The van der Waals surface area contributed by atoms with Crippen molar-refractivity contribution >= 4 is 11.9 Å². The van der Waals surface area contributed by atoms with Crippen LogP contribution in [0.15, 0.2) is 16.9 Å². The summed E-state index contributed by atoms with van der Waals surface area (Å²) in [5, 5.41) is 10.9. The quantitative estimate of drug-likeness (QED) is 0.718. The average Bonchev–Trinajstić information content (AvgIpc) is 2.27. The number of carbonyl (C=O) groups excluding carboxylic acids is 1. The molecule has 1 aromatic heterocycles.